The Labute approximate surface area is 132 Å². The van der Waals surface area contributed by atoms with Crippen LogP contribution in [0.4, 0.5) is 9.18 Å². The molecule has 0 bridgehead atoms. The number of hydrogen-bond donors (Lipinski definition) is 1. The molecule has 1 atom stereocenters. The molecule has 1 amide bonds. The van der Waals surface area contributed by atoms with Gasteiger partial charge in [-0.15, -0.1) is 0 Å². The normalized spacial score (nSPS) is 19.0. The Morgan fingerprint density at radius 3 is 2.76 bits per heavy atom. The third-order valence-electron chi connectivity index (χ3n) is 3.33. The Bertz CT molecular complexity index is 557. The minimum atomic E-state index is -0.579. The van der Waals surface area contributed by atoms with Crippen molar-refractivity contribution in [2.75, 3.05) is 6.54 Å². The van der Waals surface area contributed by atoms with E-state index in [-0.39, 0.29) is 18.4 Å². The average Bonchev–Trinajstić information content (AvgIpc) is 2.52. The van der Waals surface area contributed by atoms with E-state index in [1.807, 2.05) is 0 Å². The molecular weight excluding hydrogens is 339 g/mol. The number of hydrogen-bond acceptors (Lipinski definition) is 3. The zero-order valence-corrected chi connectivity index (χ0v) is 14.0. The molecule has 0 fully saturated rings. The van der Waals surface area contributed by atoms with Gasteiger partial charge >= 0.3 is 6.09 Å². The Hall–Kier alpha value is -1.14. The smallest absolute Gasteiger partial charge is 0.410 e. The molecule has 1 aliphatic heterocycles. The van der Waals surface area contributed by atoms with Crippen LogP contribution in [-0.4, -0.2) is 23.1 Å². The highest BCUT2D eigenvalue weighted by molar-refractivity contribution is 9.10. The first-order valence-electron chi connectivity index (χ1n) is 6.89. The maximum Gasteiger partial charge on any atom is 0.410 e. The molecule has 21 heavy (non-hydrogen) atoms. The standard InChI is InChI=1S/C15H20BrFN2O2/c1-15(2,3)21-14(20)19-7-6-12(18)13-9(8-19)11(17)5-4-10(13)16/h4-5,12H,6-8,18H2,1-3H3. The molecule has 2 N–H and O–H groups in total. The second-order valence-electron chi connectivity index (χ2n) is 6.22. The van der Waals surface area contributed by atoms with E-state index in [0.29, 0.717) is 18.5 Å². The molecular formula is C15H20BrFN2O2. The maximum atomic E-state index is 14.1. The zero-order chi connectivity index (χ0) is 15.8. The van der Waals surface area contributed by atoms with E-state index in [1.54, 1.807) is 26.8 Å². The van der Waals surface area contributed by atoms with Gasteiger partial charge in [0.15, 0.2) is 0 Å². The quantitative estimate of drug-likeness (QED) is 0.768. The number of nitrogens with zero attached hydrogens (tertiary/aromatic N) is 1. The van der Waals surface area contributed by atoms with Crippen LogP contribution in [0.5, 0.6) is 0 Å². The number of carbonyl (C=O) groups is 1. The summed E-state index contributed by atoms with van der Waals surface area (Å²) in [5.41, 5.74) is 6.75. The molecule has 0 radical (unpaired) electrons. The van der Waals surface area contributed by atoms with Gasteiger partial charge in [0.1, 0.15) is 11.4 Å². The van der Waals surface area contributed by atoms with Gasteiger partial charge in [-0.25, -0.2) is 9.18 Å². The molecule has 0 saturated heterocycles. The van der Waals surface area contributed by atoms with Crippen molar-refractivity contribution in [3.63, 3.8) is 0 Å². The second-order valence-corrected chi connectivity index (χ2v) is 7.07. The van der Waals surface area contributed by atoms with E-state index in [2.05, 4.69) is 15.9 Å². The van der Waals surface area contributed by atoms with Crippen molar-refractivity contribution in [3.05, 3.63) is 33.5 Å². The highest BCUT2D eigenvalue weighted by atomic mass is 79.9. The lowest BCUT2D eigenvalue weighted by Crippen LogP contribution is -2.36. The lowest BCUT2D eigenvalue weighted by Gasteiger charge is -2.26. The van der Waals surface area contributed by atoms with Gasteiger partial charge in [-0.2, -0.15) is 0 Å². The molecule has 116 valence electrons. The molecule has 1 aromatic rings. The largest absolute Gasteiger partial charge is 0.444 e. The van der Waals surface area contributed by atoms with Crippen molar-refractivity contribution in [1.29, 1.82) is 0 Å². The second kappa shape index (κ2) is 5.93. The topological polar surface area (TPSA) is 55.6 Å². The highest BCUT2D eigenvalue weighted by Crippen LogP contribution is 2.33. The Morgan fingerprint density at radius 1 is 1.48 bits per heavy atom. The number of halogens is 2. The summed E-state index contributed by atoms with van der Waals surface area (Å²) in [6, 6.07) is 2.73. The first kappa shape index (κ1) is 16.2. The molecule has 0 saturated carbocycles. The predicted octanol–water partition coefficient (Wildman–Crippen LogP) is 3.73. The van der Waals surface area contributed by atoms with Crippen molar-refractivity contribution in [3.8, 4) is 0 Å². The summed E-state index contributed by atoms with van der Waals surface area (Å²) in [6.07, 6.45) is 0.121. The van der Waals surface area contributed by atoms with Crippen LogP contribution < -0.4 is 5.73 Å². The minimum absolute atomic E-state index is 0.170. The summed E-state index contributed by atoms with van der Waals surface area (Å²) < 4.78 is 20.3. The van der Waals surface area contributed by atoms with Crippen molar-refractivity contribution < 1.29 is 13.9 Å². The van der Waals surface area contributed by atoms with Gasteiger partial charge in [-0.05, 0) is 44.9 Å². The fourth-order valence-corrected chi connectivity index (χ4v) is 3.03. The molecule has 6 heteroatoms. The van der Waals surface area contributed by atoms with Crippen LogP contribution in [0, 0.1) is 5.82 Å². The van der Waals surface area contributed by atoms with Crippen molar-refractivity contribution in [2.24, 2.45) is 5.73 Å². The van der Waals surface area contributed by atoms with Gasteiger partial charge in [0.2, 0.25) is 0 Å². The number of benzene rings is 1. The molecule has 0 aliphatic carbocycles. The lowest BCUT2D eigenvalue weighted by atomic mass is 10.00. The highest BCUT2D eigenvalue weighted by Gasteiger charge is 2.29. The van der Waals surface area contributed by atoms with Crippen LogP contribution >= 0.6 is 15.9 Å². The summed E-state index contributed by atoms with van der Waals surface area (Å²) in [4.78, 5) is 13.7. The minimum Gasteiger partial charge on any atom is -0.444 e. The van der Waals surface area contributed by atoms with Crippen molar-refractivity contribution in [2.45, 2.75) is 45.4 Å². The summed E-state index contributed by atoms with van der Waals surface area (Å²) >= 11 is 3.42. The molecule has 1 aromatic carbocycles. The third-order valence-corrected chi connectivity index (χ3v) is 4.02. The average molecular weight is 359 g/mol. The van der Waals surface area contributed by atoms with E-state index < -0.39 is 11.7 Å². The summed E-state index contributed by atoms with van der Waals surface area (Å²) in [7, 11) is 0. The molecule has 1 unspecified atom stereocenters. The molecule has 0 spiro atoms. The number of nitrogens with two attached hydrogens (primary N) is 1. The number of amides is 1. The first-order chi connectivity index (χ1) is 9.69. The van der Waals surface area contributed by atoms with Gasteiger partial charge in [0.25, 0.3) is 0 Å². The number of ether oxygens (including phenoxy) is 1. The van der Waals surface area contributed by atoms with Crippen molar-refractivity contribution in [1.82, 2.24) is 4.90 Å². The van der Waals surface area contributed by atoms with E-state index >= 15 is 0 Å². The van der Waals surface area contributed by atoms with Gasteiger partial charge in [0.05, 0.1) is 6.54 Å². The summed E-state index contributed by atoms with van der Waals surface area (Å²) in [5, 5.41) is 0. The fraction of sp³-hybridized carbons (Fsp3) is 0.533. The molecule has 1 heterocycles. The zero-order valence-electron chi connectivity index (χ0n) is 12.5. The van der Waals surface area contributed by atoms with Crippen LogP contribution in [0.2, 0.25) is 0 Å². The SMILES string of the molecule is CC(C)(C)OC(=O)N1CCC(N)c2c(Br)ccc(F)c2C1. The monoisotopic (exact) mass is 358 g/mol. The van der Waals surface area contributed by atoms with Crippen LogP contribution in [0.25, 0.3) is 0 Å². The molecule has 4 nitrogen and oxygen atoms in total. The van der Waals surface area contributed by atoms with E-state index in [9.17, 15) is 9.18 Å². The maximum absolute atomic E-state index is 14.1. The number of fused-ring (bicyclic) bond motifs is 1. The van der Waals surface area contributed by atoms with Crippen molar-refractivity contribution >= 4 is 22.0 Å². The lowest BCUT2D eigenvalue weighted by molar-refractivity contribution is 0.0233. The fourth-order valence-electron chi connectivity index (χ4n) is 2.36. The first-order valence-corrected chi connectivity index (χ1v) is 7.68. The molecule has 1 aliphatic rings. The van der Waals surface area contributed by atoms with E-state index in [4.69, 9.17) is 10.5 Å². The Morgan fingerprint density at radius 2 is 2.14 bits per heavy atom. The van der Waals surface area contributed by atoms with Gasteiger partial charge in [0, 0.05) is 22.6 Å². The van der Waals surface area contributed by atoms with E-state index in [1.165, 1.54) is 11.0 Å². The van der Waals surface area contributed by atoms with E-state index in [0.717, 1.165) is 10.0 Å². The van der Waals surface area contributed by atoms with Gasteiger partial charge < -0.3 is 15.4 Å². The summed E-state index contributed by atoms with van der Waals surface area (Å²) in [6.45, 7) is 6.03. The van der Waals surface area contributed by atoms with Crippen LogP contribution in [-0.2, 0) is 11.3 Å². The molecule has 0 aromatic heterocycles. The van der Waals surface area contributed by atoms with Crippen LogP contribution in [0.3, 0.4) is 0 Å². The molecule has 2 rings (SSSR count). The van der Waals surface area contributed by atoms with Crippen LogP contribution in [0.15, 0.2) is 16.6 Å². The predicted molar refractivity (Wildman–Crippen MR) is 82.3 cm³/mol. The Balaban J connectivity index is 2.31. The van der Waals surface area contributed by atoms with Crippen LogP contribution in [0.1, 0.15) is 44.4 Å². The third kappa shape index (κ3) is 3.74. The van der Waals surface area contributed by atoms with Gasteiger partial charge in [-0.1, -0.05) is 15.9 Å². The van der Waals surface area contributed by atoms with Gasteiger partial charge in [-0.3, -0.25) is 0 Å². The Kier molecular flexibility index (Phi) is 4.58. The number of rotatable bonds is 0. The summed E-state index contributed by atoms with van der Waals surface area (Å²) in [5.74, 6) is -0.348. The number of carbonyl (C=O) groups excluding carboxylic acids is 1.